The monoisotopic (exact) mass is 215 g/mol. The van der Waals surface area contributed by atoms with Crippen LogP contribution in [0.2, 0.25) is 0 Å². The van der Waals surface area contributed by atoms with Gasteiger partial charge in [-0.1, -0.05) is 20.8 Å². The molecule has 0 aliphatic rings. The van der Waals surface area contributed by atoms with Crippen LogP contribution in [0.3, 0.4) is 0 Å². The van der Waals surface area contributed by atoms with E-state index < -0.39 is 5.97 Å². The van der Waals surface area contributed by atoms with E-state index in [9.17, 15) is 4.79 Å². The molecule has 1 N–H and O–H groups in total. The summed E-state index contributed by atoms with van der Waals surface area (Å²) in [5, 5.41) is 8.61. The Hall–Kier alpha value is -0.570. The van der Waals surface area contributed by atoms with Gasteiger partial charge in [-0.15, -0.1) is 0 Å². The third kappa shape index (κ3) is 5.17. The average molecular weight is 215 g/mol. The molecule has 0 aliphatic heterocycles. The zero-order valence-electron chi connectivity index (χ0n) is 10.5. The molecule has 0 aromatic rings. The van der Waals surface area contributed by atoms with Crippen molar-refractivity contribution in [1.29, 1.82) is 0 Å². The molecule has 0 fully saturated rings. The van der Waals surface area contributed by atoms with Crippen LogP contribution in [0, 0.1) is 5.41 Å². The normalized spacial score (nSPS) is 12.1. The molecule has 0 aliphatic carbocycles. The van der Waals surface area contributed by atoms with E-state index >= 15 is 0 Å². The third-order valence-corrected chi connectivity index (χ3v) is 3.56. The van der Waals surface area contributed by atoms with Crippen LogP contribution in [0.4, 0.5) is 0 Å². The van der Waals surface area contributed by atoms with Crippen molar-refractivity contribution in [1.82, 2.24) is 4.90 Å². The van der Waals surface area contributed by atoms with Gasteiger partial charge in [-0.2, -0.15) is 0 Å². The van der Waals surface area contributed by atoms with Crippen LogP contribution < -0.4 is 0 Å². The second-order valence-corrected chi connectivity index (χ2v) is 4.44. The first-order valence-corrected chi connectivity index (χ1v) is 5.90. The van der Waals surface area contributed by atoms with Gasteiger partial charge in [0.1, 0.15) is 0 Å². The van der Waals surface area contributed by atoms with Crippen molar-refractivity contribution in [3.63, 3.8) is 0 Å². The van der Waals surface area contributed by atoms with Gasteiger partial charge in [0.15, 0.2) is 0 Å². The molecule has 90 valence electrons. The molecule has 0 bridgehead atoms. The summed E-state index contributed by atoms with van der Waals surface area (Å²) in [6.45, 7) is 8.31. The molecule has 0 rings (SSSR count). The number of carboxylic acid groups (broad SMARTS) is 1. The average Bonchev–Trinajstić information content (AvgIpc) is 2.23. The molecular weight excluding hydrogens is 190 g/mol. The highest BCUT2D eigenvalue weighted by atomic mass is 16.4. The maximum atomic E-state index is 10.5. The molecule has 0 amide bonds. The molecule has 0 saturated carbocycles. The summed E-state index contributed by atoms with van der Waals surface area (Å²) in [4.78, 5) is 12.6. The van der Waals surface area contributed by atoms with Gasteiger partial charge in [0.25, 0.3) is 0 Å². The number of aliphatic carboxylic acids is 1. The maximum Gasteiger partial charge on any atom is 0.304 e. The van der Waals surface area contributed by atoms with Gasteiger partial charge < -0.3 is 10.0 Å². The van der Waals surface area contributed by atoms with Crippen LogP contribution in [0.15, 0.2) is 0 Å². The number of carboxylic acids is 1. The van der Waals surface area contributed by atoms with Crippen LogP contribution in [0.25, 0.3) is 0 Å². The van der Waals surface area contributed by atoms with Gasteiger partial charge in [-0.05, 0) is 31.7 Å². The number of carbonyl (C=O) groups is 1. The Morgan fingerprint density at radius 3 is 2.00 bits per heavy atom. The highest BCUT2D eigenvalue weighted by Crippen LogP contribution is 2.30. The van der Waals surface area contributed by atoms with Crippen molar-refractivity contribution in [2.24, 2.45) is 5.41 Å². The summed E-state index contributed by atoms with van der Waals surface area (Å²) in [6.07, 6.45) is 3.73. The SMILES string of the molecule is CCC(CC)(CC)CN(C)CCC(=O)O. The Morgan fingerprint density at radius 2 is 1.67 bits per heavy atom. The molecule has 0 radical (unpaired) electrons. The molecule has 15 heavy (non-hydrogen) atoms. The number of nitrogens with zero attached hydrogens (tertiary/aromatic N) is 1. The second kappa shape index (κ2) is 6.83. The fourth-order valence-corrected chi connectivity index (χ4v) is 2.02. The number of hydrogen-bond donors (Lipinski definition) is 1. The number of rotatable bonds is 8. The van der Waals surface area contributed by atoms with Gasteiger partial charge in [-0.3, -0.25) is 4.79 Å². The lowest BCUT2D eigenvalue weighted by Gasteiger charge is -2.34. The van der Waals surface area contributed by atoms with Crippen molar-refractivity contribution in [3.05, 3.63) is 0 Å². The molecule has 0 aromatic heterocycles. The van der Waals surface area contributed by atoms with Crippen LogP contribution in [-0.2, 0) is 4.79 Å². The van der Waals surface area contributed by atoms with Crippen LogP contribution in [0.5, 0.6) is 0 Å². The second-order valence-electron chi connectivity index (χ2n) is 4.44. The molecule has 0 saturated heterocycles. The summed E-state index contributed by atoms with van der Waals surface area (Å²) in [5.74, 6) is -0.711. The Bertz CT molecular complexity index is 180. The van der Waals surface area contributed by atoms with E-state index in [2.05, 4.69) is 25.7 Å². The summed E-state index contributed by atoms with van der Waals surface area (Å²) < 4.78 is 0. The first-order valence-electron chi connectivity index (χ1n) is 5.90. The van der Waals surface area contributed by atoms with Crippen molar-refractivity contribution in [2.45, 2.75) is 46.5 Å². The zero-order valence-corrected chi connectivity index (χ0v) is 10.5. The first-order chi connectivity index (χ1) is 6.99. The van der Waals surface area contributed by atoms with Gasteiger partial charge in [0.05, 0.1) is 6.42 Å². The zero-order chi connectivity index (χ0) is 11.9. The summed E-state index contributed by atoms with van der Waals surface area (Å²) in [6, 6.07) is 0. The third-order valence-electron chi connectivity index (χ3n) is 3.56. The summed E-state index contributed by atoms with van der Waals surface area (Å²) >= 11 is 0. The smallest absolute Gasteiger partial charge is 0.304 e. The molecular formula is C12H25NO2. The Kier molecular flexibility index (Phi) is 6.57. The number of hydrogen-bond acceptors (Lipinski definition) is 2. The van der Waals surface area contributed by atoms with E-state index in [4.69, 9.17) is 5.11 Å². The van der Waals surface area contributed by atoms with E-state index in [0.29, 0.717) is 12.0 Å². The van der Waals surface area contributed by atoms with Crippen molar-refractivity contribution in [2.75, 3.05) is 20.1 Å². The lowest BCUT2D eigenvalue weighted by atomic mass is 9.79. The van der Waals surface area contributed by atoms with Crippen molar-refractivity contribution in [3.8, 4) is 0 Å². The lowest BCUT2D eigenvalue weighted by Crippen LogP contribution is -2.35. The topological polar surface area (TPSA) is 40.5 Å². The molecule has 3 heteroatoms. The first kappa shape index (κ1) is 14.4. The van der Waals surface area contributed by atoms with Crippen LogP contribution >= 0.6 is 0 Å². The van der Waals surface area contributed by atoms with Crippen molar-refractivity contribution >= 4 is 5.97 Å². The molecule has 0 spiro atoms. The molecule has 3 nitrogen and oxygen atoms in total. The van der Waals surface area contributed by atoms with Gasteiger partial charge in [0.2, 0.25) is 0 Å². The van der Waals surface area contributed by atoms with E-state index in [0.717, 1.165) is 25.8 Å². The van der Waals surface area contributed by atoms with Gasteiger partial charge in [0, 0.05) is 13.1 Å². The molecule has 0 heterocycles. The quantitative estimate of drug-likeness (QED) is 0.676. The van der Waals surface area contributed by atoms with Crippen LogP contribution in [0.1, 0.15) is 46.5 Å². The molecule has 0 unspecified atom stereocenters. The van der Waals surface area contributed by atoms with E-state index in [1.54, 1.807) is 0 Å². The van der Waals surface area contributed by atoms with Crippen molar-refractivity contribution < 1.29 is 9.90 Å². The predicted octanol–water partition coefficient (Wildman–Crippen LogP) is 2.61. The minimum Gasteiger partial charge on any atom is -0.481 e. The van der Waals surface area contributed by atoms with Gasteiger partial charge >= 0.3 is 5.97 Å². The highest BCUT2D eigenvalue weighted by molar-refractivity contribution is 5.66. The fraction of sp³-hybridized carbons (Fsp3) is 0.917. The standard InChI is InChI=1S/C12H25NO2/c1-5-12(6-2,7-3)10-13(4)9-8-11(14)15/h5-10H2,1-4H3,(H,14,15). The van der Waals surface area contributed by atoms with Crippen LogP contribution in [-0.4, -0.2) is 36.1 Å². The summed E-state index contributed by atoms with van der Waals surface area (Å²) in [5.41, 5.74) is 0.368. The Morgan fingerprint density at radius 1 is 1.20 bits per heavy atom. The maximum absolute atomic E-state index is 10.5. The molecule has 0 atom stereocenters. The highest BCUT2D eigenvalue weighted by Gasteiger charge is 2.25. The lowest BCUT2D eigenvalue weighted by molar-refractivity contribution is -0.137. The fourth-order valence-electron chi connectivity index (χ4n) is 2.02. The minimum atomic E-state index is -0.711. The van der Waals surface area contributed by atoms with E-state index in [1.807, 2.05) is 7.05 Å². The molecule has 0 aromatic carbocycles. The van der Waals surface area contributed by atoms with Gasteiger partial charge in [-0.25, -0.2) is 0 Å². The largest absolute Gasteiger partial charge is 0.481 e. The Balaban J connectivity index is 4.10. The van der Waals surface area contributed by atoms with E-state index in [1.165, 1.54) is 0 Å². The predicted molar refractivity (Wildman–Crippen MR) is 63.1 cm³/mol. The van der Waals surface area contributed by atoms with E-state index in [-0.39, 0.29) is 6.42 Å². The Labute approximate surface area is 93.5 Å². The minimum absolute atomic E-state index is 0.240. The summed E-state index contributed by atoms with van der Waals surface area (Å²) in [7, 11) is 2.01.